The number of aryl methyl sites for hydroxylation is 1. The van der Waals surface area contributed by atoms with Crippen LogP contribution in [-0.2, 0) is 7.05 Å². The molecule has 0 aliphatic carbocycles. The number of carbonyl (C=O) groups is 1. The van der Waals surface area contributed by atoms with Crippen LogP contribution in [0.4, 0.5) is 5.69 Å². The van der Waals surface area contributed by atoms with E-state index in [1.54, 1.807) is 23.0 Å². The van der Waals surface area contributed by atoms with E-state index >= 15 is 0 Å². The van der Waals surface area contributed by atoms with Crippen molar-refractivity contribution >= 4 is 11.7 Å². The van der Waals surface area contributed by atoms with Gasteiger partial charge in [-0.05, 0) is 18.2 Å². The highest BCUT2D eigenvalue weighted by Gasteiger charge is 2.11. The molecular formula is C11H11N3O2. The van der Waals surface area contributed by atoms with Gasteiger partial charge in [-0.2, -0.15) is 0 Å². The number of carboxylic acids is 1. The summed E-state index contributed by atoms with van der Waals surface area (Å²) in [5.74, 6) is -0.323. The van der Waals surface area contributed by atoms with Gasteiger partial charge in [0.1, 0.15) is 5.82 Å². The Morgan fingerprint density at radius 2 is 2.25 bits per heavy atom. The number of carboxylic acid groups (broad SMARTS) is 1. The average molecular weight is 217 g/mol. The fraction of sp³-hybridized carbons (Fsp3) is 0.0909. The molecule has 0 amide bonds. The third-order valence-corrected chi connectivity index (χ3v) is 2.36. The minimum Gasteiger partial charge on any atom is -0.478 e. The van der Waals surface area contributed by atoms with Crippen molar-refractivity contribution in [3.8, 4) is 11.4 Å². The normalized spacial score (nSPS) is 10.3. The van der Waals surface area contributed by atoms with Crippen molar-refractivity contribution < 1.29 is 9.90 Å². The minimum atomic E-state index is -0.976. The number of hydrogen-bond donors (Lipinski definition) is 2. The van der Waals surface area contributed by atoms with Crippen LogP contribution >= 0.6 is 0 Å². The van der Waals surface area contributed by atoms with Crippen LogP contribution < -0.4 is 5.73 Å². The molecule has 1 heterocycles. The summed E-state index contributed by atoms with van der Waals surface area (Å²) in [6.07, 6.45) is 3.42. The first-order valence-electron chi connectivity index (χ1n) is 4.70. The first-order chi connectivity index (χ1) is 7.59. The lowest BCUT2D eigenvalue weighted by molar-refractivity contribution is 0.0697. The van der Waals surface area contributed by atoms with Crippen molar-refractivity contribution in [2.75, 3.05) is 5.73 Å². The van der Waals surface area contributed by atoms with Crippen LogP contribution in [-0.4, -0.2) is 20.6 Å². The second-order valence-corrected chi connectivity index (χ2v) is 3.47. The Balaban J connectivity index is 2.60. The van der Waals surface area contributed by atoms with E-state index in [2.05, 4.69) is 4.98 Å². The van der Waals surface area contributed by atoms with Crippen molar-refractivity contribution in [1.29, 1.82) is 0 Å². The minimum absolute atomic E-state index is 0.201. The SMILES string of the molecule is Cn1ccnc1-c1cc(C(=O)O)ccc1N. The number of rotatable bonds is 2. The summed E-state index contributed by atoms with van der Waals surface area (Å²) in [5, 5.41) is 8.90. The molecule has 0 fully saturated rings. The summed E-state index contributed by atoms with van der Waals surface area (Å²) in [7, 11) is 1.83. The molecule has 0 spiro atoms. The van der Waals surface area contributed by atoms with Crippen LogP contribution in [0.25, 0.3) is 11.4 Å². The van der Waals surface area contributed by atoms with Gasteiger partial charge in [0.25, 0.3) is 0 Å². The van der Waals surface area contributed by atoms with Crippen molar-refractivity contribution in [2.24, 2.45) is 7.05 Å². The summed E-state index contributed by atoms with van der Waals surface area (Å²) < 4.78 is 1.79. The van der Waals surface area contributed by atoms with Crippen LogP contribution in [0.2, 0.25) is 0 Å². The molecule has 3 N–H and O–H groups in total. The predicted octanol–water partition coefficient (Wildman–Crippen LogP) is 1.37. The molecule has 0 bridgehead atoms. The van der Waals surface area contributed by atoms with E-state index in [0.717, 1.165) is 0 Å². The van der Waals surface area contributed by atoms with Gasteiger partial charge in [-0.1, -0.05) is 0 Å². The number of nitrogen functional groups attached to an aromatic ring is 1. The second-order valence-electron chi connectivity index (χ2n) is 3.47. The molecule has 0 saturated carbocycles. The highest BCUT2D eigenvalue weighted by molar-refractivity contribution is 5.91. The van der Waals surface area contributed by atoms with Crippen LogP contribution in [0.3, 0.4) is 0 Å². The number of hydrogen-bond acceptors (Lipinski definition) is 3. The van der Waals surface area contributed by atoms with E-state index in [4.69, 9.17) is 10.8 Å². The Morgan fingerprint density at radius 1 is 1.50 bits per heavy atom. The largest absolute Gasteiger partial charge is 0.478 e. The zero-order chi connectivity index (χ0) is 11.7. The van der Waals surface area contributed by atoms with E-state index < -0.39 is 5.97 Å². The number of aromatic nitrogens is 2. The Bertz CT molecular complexity index is 546. The van der Waals surface area contributed by atoms with Gasteiger partial charge in [0.15, 0.2) is 0 Å². The Kier molecular flexibility index (Phi) is 2.36. The molecule has 2 rings (SSSR count). The van der Waals surface area contributed by atoms with Gasteiger partial charge >= 0.3 is 5.97 Å². The third kappa shape index (κ3) is 1.63. The molecule has 5 nitrogen and oxygen atoms in total. The molecule has 0 aliphatic heterocycles. The van der Waals surface area contributed by atoms with E-state index in [1.165, 1.54) is 12.1 Å². The molecule has 0 radical (unpaired) electrons. The molecule has 0 saturated heterocycles. The van der Waals surface area contributed by atoms with Crippen LogP contribution in [0, 0.1) is 0 Å². The maximum Gasteiger partial charge on any atom is 0.335 e. The van der Waals surface area contributed by atoms with E-state index in [-0.39, 0.29) is 5.56 Å². The van der Waals surface area contributed by atoms with Gasteiger partial charge in [0, 0.05) is 30.7 Å². The van der Waals surface area contributed by atoms with Gasteiger partial charge in [-0.3, -0.25) is 0 Å². The third-order valence-electron chi connectivity index (χ3n) is 2.36. The maximum atomic E-state index is 10.9. The van der Waals surface area contributed by atoms with Crippen molar-refractivity contribution in [2.45, 2.75) is 0 Å². The molecule has 1 aromatic carbocycles. The molecule has 0 aliphatic rings. The number of benzene rings is 1. The van der Waals surface area contributed by atoms with Crippen LogP contribution in [0.5, 0.6) is 0 Å². The number of nitrogens with zero attached hydrogens (tertiary/aromatic N) is 2. The second kappa shape index (κ2) is 3.69. The van der Waals surface area contributed by atoms with Gasteiger partial charge in [-0.25, -0.2) is 9.78 Å². The molecule has 82 valence electrons. The molecule has 16 heavy (non-hydrogen) atoms. The van der Waals surface area contributed by atoms with Crippen molar-refractivity contribution in [3.63, 3.8) is 0 Å². The fourth-order valence-electron chi connectivity index (χ4n) is 1.51. The highest BCUT2D eigenvalue weighted by atomic mass is 16.4. The summed E-state index contributed by atoms with van der Waals surface area (Å²) in [4.78, 5) is 15.0. The van der Waals surface area contributed by atoms with Gasteiger partial charge in [0.05, 0.1) is 5.56 Å². The average Bonchev–Trinajstić information content (AvgIpc) is 2.65. The molecule has 2 aromatic rings. The van der Waals surface area contributed by atoms with Gasteiger partial charge in [-0.15, -0.1) is 0 Å². The lowest BCUT2D eigenvalue weighted by atomic mass is 10.1. The summed E-state index contributed by atoms with van der Waals surface area (Å²) in [6, 6.07) is 4.58. The Morgan fingerprint density at radius 3 is 2.81 bits per heavy atom. The Labute approximate surface area is 92.2 Å². The van der Waals surface area contributed by atoms with Crippen molar-refractivity contribution in [3.05, 3.63) is 36.2 Å². The number of imidazole rings is 1. The van der Waals surface area contributed by atoms with E-state index in [1.807, 2.05) is 7.05 Å². The van der Waals surface area contributed by atoms with E-state index in [9.17, 15) is 4.79 Å². The number of aromatic carboxylic acids is 1. The topological polar surface area (TPSA) is 81.1 Å². The summed E-state index contributed by atoms with van der Waals surface area (Å²) in [6.45, 7) is 0. The van der Waals surface area contributed by atoms with Crippen molar-refractivity contribution in [1.82, 2.24) is 9.55 Å². The van der Waals surface area contributed by atoms with Gasteiger partial charge < -0.3 is 15.4 Å². The molecule has 1 aromatic heterocycles. The first kappa shape index (κ1) is 10.2. The standard InChI is InChI=1S/C11H11N3O2/c1-14-5-4-13-10(14)8-6-7(11(15)16)2-3-9(8)12/h2-6H,12H2,1H3,(H,15,16). The summed E-state index contributed by atoms with van der Waals surface area (Å²) >= 11 is 0. The van der Waals surface area contributed by atoms with Gasteiger partial charge in [0.2, 0.25) is 0 Å². The lowest BCUT2D eigenvalue weighted by Crippen LogP contribution is -2.01. The quantitative estimate of drug-likeness (QED) is 0.744. The number of anilines is 1. The zero-order valence-electron chi connectivity index (χ0n) is 8.71. The smallest absolute Gasteiger partial charge is 0.335 e. The van der Waals surface area contributed by atoms with Crippen LogP contribution in [0.15, 0.2) is 30.6 Å². The Hall–Kier alpha value is -2.30. The zero-order valence-corrected chi connectivity index (χ0v) is 8.71. The molecule has 0 unspecified atom stereocenters. The molecule has 0 atom stereocenters. The maximum absolute atomic E-state index is 10.9. The van der Waals surface area contributed by atoms with Crippen LogP contribution in [0.1, 0.15) is 10.4 Å². The molecule has 5 heteroatoms. The lowest BCUT2D eigenvalue weighted by Gasteiger charge is -2.06. The van der Waals surface area contributed by atoms with E-state index in [0.29, 0.717) is 17.1 Å². The number of nitrogens with two attached hydrogens (primary N) is 1. The highest BCUT2D eigenvalue weighted by Crippen LogP contribution is 2.25. The summed E-state index contributed by atoms with van der Waals surface area (Å²) in [5.41, 5.74) is 7.15. The monoisotopic (exact) mass is 217 g/mol. The predicted molar refractivity (Wildman–Crippen MR) is 60.0 cm³/mol. The fourth-order valence-corrected chi connectivity index (χ4v) is 1.51. The molecular weight excluding hydrogens is 206 g/mol. The first-order valence-corrected chi connectivity index (χ1v) is 4.70.